The Morgan fingerprint density at radius 2 is 2.04 bits per heavy atom. The molecule has 1 aliphatic rings. The summed E-state index contributed by atoms with van der Waals surface area (Å²) in [6.07, 6.45) is 3.36. The van der Waals surface area contributed by atoms with Crippen molar-refractivity contribution in [1.82, 2.24) is 19.0 Å². The number of amides is 1. The summed E-state index contributed by atoms with van der Waals surface area (Å²) in [6.45, 7) is 1.57. The van der Waals surface area contributed by atoms with Gasteiger partial charge in [0.25, 0.3) is 10.0 Å². The molecule has 23 heavy (non-hydrogen) atoms. The SMILES string of the molecule is O=C(Cn1cc(Br)cn1)N1CCN(S(=O)(=O)c2cccs2)CC1. The van der Waals surface area contributed by atoms with Crippen molar-refractivity contribution in [2.75, 3.05) is 26.2 Å². The van der Waals surface area contributed by atoms with Gasteiger partial charge in [0, 0.05) is 32.4 Å². The van der Waals surface area contributed by atoms with Crippen molar-refractivity contribution in [2.24, 2.45) is 0 Å². The van der Waals surface area contributed by atoms with Gasteiger partial charge >= 0.3 is 0 Å². The van der Waals surface area contributed by atoms with Crippen molar-refractivity contribution in [3.63, 3.8) is 0 Å². The topological polar surface area (TPSA) is 75.5 Å². The molecule has 1 aliphatic heterocycles. The first-order valence-corrected chi connectivity index (χ1v) is 10.1. The molecule has 124 valence electrons. The number of aromatic nitrogens is 2. The lowest BCUT2D eigenvalue weighted by Crippen LogP contribution is -2.51. The summed E-state index contributed by atoms with van der Waals surface area (Å²) in [6, 6.07) is 3.33. The fraction of sp³-hybridized carbons (Fsp3) is 0.385. The van der Waals surface area contributed by atoms with Gasteiger partial charge in [0.05, 0.1) is 10.7 Å². The lowest BCUT2D eigenvalue weighted by atomic mass is 10.3. The second-order valence-corrected chi connectivity index (χ2v) is 9.10. The molecule has 7 nitrogen and oxygen atoms in total. The van der Waals surface area contributed by atoms with Crippen LogP contribution in [0.25, 0.3) is 0 Å². The predicted molar refractivity (Wildman–Crippen MR) is 89.6 cm³/mol. The number of nitrogens with zero attached hydrogens (tertiary/aromatic N) is 4. The lowest BCUT2D eigenvalue weighted by molar-refractivity contribution is -0.133. The first-order chi connectivity index (χ1) is 11.0. The number of piperazine rings is 1. The van der Waals surface area contributed by atoms with Crippen molar-refractivity contribution < 1.29 is 13.2 Å². The zero-order valence-corrected chi connectivity index (χ0v) is 15.3. The van der Waals surface area contributed by atoms with Crippen LogP contribution >= 0.6 is 27.3 Å². The molecule has 0 spiro atoms. The number of halogens is 1. The molecule has 0 aromatic carbocycles. The van der Waals surface area contributed by atoms with E-state index in [1.54, 1.807) is 39.5 Å². The number of thiophene rings is 1. The smallest absolute Gasteiger partial charge is 0.252 e. The highest BCUT2D eigenvalue weighted by Gasteiger charge is 2.30. The van der Waals surface area contributed by atoms with Gasteiger partial charge in [-0.15, -0.1) is 11.3 Å². The number of carbonyl (C=O) groups excluding carboxylic acids is 1. The first kappa shape index (κ1) is 16.6. The van der Waals surface area contributed by atoms with Crippen LogP contribution in [-0.4, -0.2) is 59.5 Å². The van der Waals surface area contributed by atoms with E-state index in [1.807, 2.05) is 0 Å². The van der Waals surface area contributed by atoms with Gasteiger partial charge in [0.15, 0.2) is 0 Å². The molecule has 0 N–H and O–H groups in total. The lowest BCUT2D eigenvalue weighted by Gasteiger charge is -2.33. The largest absolute Gasteiger partial charge is 0.338 e. The number of hydrogen-bond acceptors (Lipinski definition) is 5. The van der Waals surface area contributed by atoms with E-state index >= 15 is 0 Å². The van der Waals surface area contributed by atoms with Gasteiger partial charge in [-0.05, 0) is 27.4 Å². The summed E-state index contributed by atoms with van der Waals surface area (Å²) in [4.78, 5) is 13.9. The van der Waals surface area contributed by atoms with Crippen LogP contribution in [0.15, 0.2) is 38.6 Å². The number of hydrogen-bond donors (Lipinski definition) is 0. The third kappa shape index (κ3) is 3.65. The molecule has 1 amide bonds. The van der Waals surface area contributed by atoms with Crippen molar-refractivity contribution in [2.45, 2.75) is 10.8 Å². The van der Waals surface area contributed by atoms with Gasteiger partial charge in [-0.1, -0.05) is 6.07 Å². The fourth-order valence-electron chi connectivity index (χ4n) is 2.38. The average molecular weight is 419 g/mol. The van der Waals surface area contributed by atoms with Gasteiger partial charge in [-0.3, -0.25) is 9.48 Å². The summed E-state index contributed by atoms with van der Waals surface area (Å²) in [5.74, 6) is -0.0613. The Kier molecular flexibility index (Phi) is 4.85. The van der Waals surface area contributed by atoms with Crippen molar-refractivity contribution in [1.29, 1.82) is 0 Å². The van der Waals surface area contributed by atoms with Crippen LogP contribution in [0.2, 0.25) is 0 Å². The minimum absolute atomic E-state index is 0.0613. The van der Waals surface area contributed by atoms with E-state index in [1.165, 1.54) is 15.6 Å². The predicted octanol–water partition coefficient (Wildman–Crippen LogP) is 1.24. The summed E-state index contributed by atoms with van der Waals surface area (Å²) < 4.78 is 29.0. The van der Waals surface area contributed by atoms with E-state index in [9.17, 15) is 13.2 Å². The van der Waals surface area contributed by atoms with E-state index in [0.717, 1.165) is 4.47 Å². The molecule has 0 bridgehead atoms. The molecular formula is C13H15BrN4O3S2. The number of sulfonamides is 1. The first-order valence-electron chi connectivity index (χ1n) is 6.96. The summed E-state index contributed by atoms with van der Waals surface area (Å²) in [7, 11) is -3.43. The molecule has 1 saturated heterocycles. The zero-order chi connectivity index (χ0) is 16.4. The Morgan fingerprint density at radius 1 is 1.30 bits per heavy atom. The number of carbonyl (C=O) groups is 1. The van der Waals surface area contributed by atoms with Crippen LogP contribution in [0.4, 0.5) is 0 Å². The summed E-state index contributed by atoms with van der Waals surface area (Å²) >= 11 is 4.49. The number of rotatable bonds is 4. The average Bonchev–Trinajstić information content (AvgIpc) is 3.19. The summed E-state index contributed by atoms with van der Waals surface area (Å²) in [5, 5.41) is 5.80. The zero-order valence-electron chi connectivity index (χ0n) is 12.1. The van der Waals surface area contributed by atoms with Crippen LogP contribution in [0.3, 0.4) is 0 Å². The molecule has 2 aromatic heterocycles. The van der Waals surface area contributed by atoms with Gasteiger partial charge in [0.2, 0.25) is 5.91 Å². The molecular weight excluding hydrogens is 404 g/mol. The van der Waals surface area contributed by atoms with Crippen molar-refractivity contribution >= 4 is 43.2 Å². The van der Waals surface area contributed by atoms with Crippen LogP contribution in [0.5, 0.6) is 0 Å². The highest BCUT2D eigenvalue weighted by atomic mass is 79.9. The van der Waals surface area contributed by atoms with Gasteiger partial charge in [0.1, 0.15) is 10.8 Å². The Bertz CT molecular complexity index is 780. The molecule has 10 heteroatoms. The van der Waals surface area contributed by atoms with E-state index in [-0.39, 0.29) is 12.5 Å². The molecule has 2 aromatic rings. The Balaban J connectivity index is 1.59. The molecule has 0 atom stereocenters. The highest BCUT2D eigenvalue weighted by molar-refractivity contribution is 9.10. The van der Waals surface area contributed by atoms with E-state index in [2.05, 4.69) is 21.0 Å². The molecule has 0 saturated carbocycles. The fourth-order valence-corrected chi connectivity index (χ4v) is 5.27. The third-order valence-electron chi connectivity index (χ3n) is 3.58. The Labute approximate surface area is 146 Å². The highest BCUT2D eigenvalue weighted by Crippen LogP contribution is 2.22. The second-order valence-electron chi connectivity index (χ2n) is 5.07. The van der Waals surface area contributed by atoms with Crippen molar-refractivity contribution in [3.05, 3.63) is 34.4 Å². The van der Waals surface area contributed by atoms with Gasteiger partial charge in [-0.2, -0.15) is 9.40 Å². The van der Waals surface area contributed by atoms with E-state index < -0.39 is 10.0 Å². The van der Waals surface area contributed by atoms with E-state index in [4.69, 9.17) is 0 Å². The van der Waals surface area contributed by atoms with Crippen molar-refractivity contribution in [3.8, 4) is 0 Å². The van der Waals surface area contributed by atoms with E-state index in [0.29, 0.717) is 30.4 Å². The molecule has 3 rings (SSSR count). The minimum Gasteiger partial charge on any atom is -0.338 e. The molecule has 0 radical (unpaired) electrons. The normalized spacial score (nSPS) is 16.7. The molecule has 0 aliphatic carbocycles. The van der Waals surface area contributed by atoms with Gasteiger partial charge < -0.3 is 4.90 Å². The second kappa shape index (κ2) is 6.71. The van der Waals surface area contributed by atoms with Crippen LogP contribution in [0.1, 0.15) is 0 Å². The minimum atomic E-state index is -3.43. The molecule has 0 unspecified atom stereocenters. The monoisotopic (exact) mass is 418 g/mol. The quantitative estimate of drug-likeness (QED) is 0.748. The maximum atomic E-state index is 12.4. The Hall–Kier alpha value is -1.23. The van der Waals surface area contributed by atoms with Gasteiger partial charge in [-0.25, -0.2) is 8.42 Å². The maximum absolute atomic E-state index is 12.4. The standard InChI is InChI=1S/C13H15BrN4O3S2/c14-11-8-15-17(9-11)10-12(19)16-3-5-18(6-4-16)23(20,21)13-2-1-7-22-13/h1-2,7-9H,3-6,10H2. The summed E-state index contributed by atoms with van der Waals surface area (Å²) in [5.41, 5.74) is 0. The van der Waals surface area contributed by atoms with Crippen LogP contribution in [-0.2, 0) is 21.4 Å². The maximum Gasteiger partial charge on any atom is 0.252 e. The molecule has 1 fully saturated rings. The van der Waals surface area contributed by atoms with Crippen LogP contribution in [0, 0.1) is 0 Å². The molecule has 3 heterocycles. The third-order valence-corrected chi connectivity index (χ3v) is 7.26. The Morgan fingerprint density at radius 3 is 2.61 bits per heavy atom. The van der Waals surface area contributed by atoms with Crippen LogP contribution < -0.4 is 0 Å².